The van der Waals surface area contributed by atoms with Crippen molar-refractivity contribution in [1.29, 1.82) is 0 Å². The fourth-order valence-corrected chi connectivity index (χ4v) is 11.1. The molecule has 422 valence electrons. The number of phosphoric acid groups is 2. The number of phosphoric ester groups is 2. The lowest BCUT2D eigenvalue weighted by Gasteiger charge is -2.38. The van der Waals surface area contributed by atoms with Crippen LogP contribution in [-0.2, 0) is 40.3 Å². The minimum Gasteiger partial charge on any atom is -0.756 e. The van der Waals surface area contributed by atoms with E-state index in [9.17, 15) is 18.9 Å². The first-order chi connectivity index (χ1) is 34.6. The van der Waals surface area contributed by atoms with Crippen LogP contribution in [0.25, 0.3) is 0 Å². The second kappa shape index (κ2) is 43.7. The maximum absolute atomic E-state index is 11.8. The molecule has 0 spiro atoms. The lowest BCUT2D eigenvalue weighted by molar-refractivity contribution is -0.938. The zero-order valence-electron chi connectivity index (χ0n) is 48.8. The van der Waals surface area contributed by atoms with Crippen LogP contribution in [-0.4, -0.2) is 74.7 Å². The Bertz CT molecular complexity index is 1430. The van der Waals surface area contributed by atoms with Gasteiger partial charge in [0.2, 0.25) is 0 Å². The van der Waals surface area contributed by atoms with Crippen molar-refractivity contribution in [1.82, 2.24) is 0 Å². The molecule has 0 radical (unpaired) electrons. The summed E-state index contributed by atoms with van der Waals surface area (Å²) in [6.07, 6.45) is 22.2. The Morgan fingerprint density at radius 3 is 0.847 bits per heavy atom. The molecule has 0 amide bonds. The molecule has 12 heteroatoms. The molecule has 0 fully saturated rings. The minimum atomic E-state index is -4.14. The van der Waals surface area contributed by atoms with E-state index in [2.05, 4.69) is 144 Å². The van der Waals surface area contributed by atoms with Crippen LogP contribution >= 0.6 is 15.6 Å². The Labute approximate surface area is 445 Å². The Balaban J connectivity index is 0.00000108. The lowest BCUT2D eigenvalue weighted by atomic mass is 10.0. The smallest absolute Gasteiger partial charge is 0.267 e. The highest BCUT2D eigenvalue weighted by atomic mass is 31.2. The Hall–Kier alpha value is -1.42. The van der Waals surface area contributed by atoms with Crippen LogP contribution in [0.5, 0.6) is 0 Å². The standard InChI is InChI=1S/C28H46N2.2C16H35O4P/c1-5-29(6-2,25-27-19-13-11-14-20-27)23-17-9-10-18-24-30(7-3,8-4)26-28-21-15-12-16-22-28;2*1-5-9-11-15(7-3)13-19-21(17,18)20-14-16(8-4)12-10-6-2/h11-16,19-22H,5-10,17-18,23-26H2,1-4H3;2*15-16H,5-14H2,1-4H3,(H,17,18)/q+2;;/p-2. The van der Waals surface area contributed by atoms with E-state index in [4.69, 9.17) is 18.1 Å². The van der Waals surface area contributed by atoms with Gasteiger partial charge >= 0.3 is 0 Å². The van der Waals surface area contributed by atoms with Gasteiger partial charge in [0.15, 0.2) is 0 Å². The van der Waals surface area contributed by atoms with Crippen molar-refractivity contribution >= 4 is 15.6 Å². The molecule has 0 aliphatic rings. The van der Waals surface area contributed by atoms with E-state index >= 15 is 0 Å². The zero-order valence-corrected chi connectivity index (χ0v) is 50.6. The van der Waals surface area contributed by atoms with Crippen LogP contribution in [0.3, 0.4) is 0 Å². The largest absolute Gasteiger partial charge is 0.756 e. The van der Waals surface area contributed by atoms with Gasteiger partial charge in [-0.15, -0.1) is 0 Å². The lowest BCUT2D eigenvalue weighted by Crippen LogP contribution is -2.48. The number of unbranched alkanes of at least 4 members (excludes halogenated alkanes) is 7. The van der Waals surface area contributed by atoms with E-state index in [0.29, 0.717) is 23.7 Å². The fourth-order valence-electron chi connectivity index (χ4n) is 9.33. The molecule has 72 heavy (non-hydrogen) atoms. The monoisotopic (exact) mass is 1050 g/mol. The molecule has 0 bridgehead atoms. The summed E-state index contributed by atoms with van der Waals surface area (Å²) in [5, 5.41) is 0. The van der Waals surface area contributed by atoms with Crippen LogP contribution in [0, 0.1) is 23.7 Å². The summed E-state index contributed by atoms with van der Waals surface area (Å²) in [5.74, 6) is 1.21. The van der Waals surface area contributed by atoms with Gasteiger partial charge < -0.3 is 36.8 Å². The molecular formula is C60H114N2O8P2. The first-order valence-electron chi connectivity index (χ1n) is 29.6. The second-order valence-electron chi connectivity index (χ2n) is 20.8. The van der Waals surface area contributed by atoms with Gasteiger partial charge in [-0.05, 0) is 103 Å². The van der Waals surface area contributed by atoms with E-state index in [-0.39, 0.29) is 26.4 Å². The van der Waals surface area contributed by atoms with Crippen molar-refractivity contribution < 1.29 is 46.0 Å². The molecule has 2 rings (SSSR count). The van der Waals surface area contributed by atoms with Gasteiger partial charge in [-0.1, -0.05) is 193 Å². The third-order valence-corrected chi connectivity index (χ3v) is 17.3. The van der Waals surface area contributed by atoms with Crippen molar-refractivity contribution in [2.75, 3.05) is 65.7 Å². The number of rotatable bonds is 43. The normalized spacial score (nSPS) is 15.2. The van der Waals surface area contributed by atoms with Crippen molar-refractivity contribution in [2.24, 2.45) is 23.7 Å². The molecule has 0 aromatic heterocycles. The summed E-state index contributed by atoms with van der Waals surface area (Å²) >= 11 is 0. The second-order valence-corrected chi connectivity index (χ2v) is 23.7. The molecule has 10 nitrogen and oxygen atoms in total. The number of benzene rings is 2. The highest BCUT2D eigenvalue weighted by molar-refractivity contribution is 7.46. The molecule has 2 aromatic rings. The van der Waals surface area contributed by atoms with E-state index < -0.39 is 15.6 Å². The SMILES string of the molecule is CCCCC(CC)COP(=O)([O-])OCC(CC)CCCC.CCCCC(CC)COP(=O)([O-])OCC(CC)CCCC.CC[N+](CC)(CCCCCC[N+](CC)(CC)Cc1ccccc1)Cc1ccccc1. The molecule has 0 aliphatic heterocycles. The zero-order chi connectivity index (χ0) is 54.0. The van der Waals surface area contributed by atoms with E-state index in [1.54, 1.807) is 0 Å². The molecular weight excluding hydrogens is 939 g/mol. The van der Waals surface area contributed by atoms with Crippen LogP contribution < -0.4 is 9.79 Å². The maximum atomic E-state index is 11.8. The average molecular weight is 1050 g/mol. The Morgan fingerprint density at radius 1 is 0.389 bits per heavy atom. The summed E-state index contributed by atoms with van der Waals surface area (Å²) in [4.78, 5) is 23.6. The van der Waals surface area contributed by atoms with E-state index in [1.165, 1.54) is 98.1 Å². The predicted molar refractivity (Wildman–Crippen MR) is 303 cm³/mol. The number of hydrogen-bond acceptors (Lipinski definition) is 8. The molecule has 2 aromatic carbocycles. The van der Waals surface area contributed by atoms with E-state index in [1.807, 2.05) is 0 Å². The molecule has 0 saturated carbocycles. The fraction of sp³-hybridized carbons (Fsp3) is 0.800. The first-order valence-corrected chi connectivity index (χ1v) is 32.5. The first kappa shape index (κ1) is 70.6. The van der Waals surface area contributed by atoms with Crippen LogP contribution in [0.4, 0.5) is 0 Å². The third-order valence-electron chi connectivity index (χ3n) is 15.5. The molecule has 0 heterocycles. The van der Waals surface area contributed by atoms with Crippen LogP contribution in [0.1, 0.15) is 223 Å². The summed E-state index contributed by atoms with van der Waals surface area (Å²) in [7, 11) is -8.28. The minimum absolute atomic E-state index is 0.253. The average Bonchev–Trinajstić information content (AvgIpc) is 3.40. The molecule has 0 saturated heterocycles. The van der Waals surface area contributed by atoms with Crippen molar-refractivity contribution in [3.05, 3.63) is 71.8 Å². The van der Waals surface area contributed by atoms with Gasteiger partial charge in [0.25, 0.3) is 15.6 Å². The number of nitrogens with zero attached hydrogens (tertiary/aromatic N) is 2. The van der Waals surface area contributed by atoms with Crippen molar-refractivity contribution in [3.63, 3.8) is 0 Å². The molecule has 4 atom stereocenters. The Morgan fingerprint density at radius 2 is 0.639 bits per heavy atom. The Kier molecular flexibility index (Phi) is 42.8. The van der Waals surface area contributed by atoms with Gasteiger partial charge in [0.1, 0.15) is 13.1 Å². The van der Waals surface area contributed by atoms with Crippen molar-refractivity contribution in [3.8, 4) is 0 Å². The predicted octanol–water partition coefficient (Wildman–Crippen LogP) is 16.5. The summed E-state index contributed by atoms with van der Waals surface area (Å²) < 4.78 is 46.3. The van der Waals surface area contributed by atoms with Crippen LogP contribution in [0.15, 0.2) is 60.7 Å². The molecule has 4 unspecified atom stereocenters. The summed E-state index contributed by atoms with van der Waals surface area (Å²) in [6, 6.07) is 22.1. The third kappa shape index (κ3) is 34.3. The highest BCUT2D eigenvalue weighted by Crippen LogP contribution is 2.41. The van der Waals surface area contributed by atoms with Gasteiger partial charge in [0, 0.05) is 11.1 Å². The van der Waals surface area contributed by atoms with Crippen molar-refractivity contribution in [2.45, 2.75) is 225 Å². The van der Waals surface area contributed by atoms with Crippen LogP contribution in [0.2, 0.25) is 0 Å². The molecule has 0 aliphatic carbocycles. The number of hydrogen-bond donors (Lipinski definition) is 0. The van der Waals surface area contributed by atoms with E-state index in [0.717, 1.165) is 103 Å². The van der Waals surface area contributed by atoms with Gasteiger partial charge in [0.05, 0.1) is 65.7 Å². The topological polar surface area (TPSA) is 117 Å². The van der Waals surface area contributed by atoms with Gasteiger partial charge in [-0.3, -0.25) is 9.13 Å². The van der Waals surface area contributed by atoms with Gasteiger partial charge in [-0.25, -0.2) is 0 Å². The maximum Gasteiger partial charge on any atom is 0.267 e. The summed E-state index contributed by atoms with van der Waals surface area (Å²) in [6.45, 7) is 37.2. The summed E-state index contributed by atoms with van der Waals surface area (Å²) in [5.41, 5.74) is 2.96. The number of quaternary nitrogens is 2. The molecule has 0 N–H and O–H groups in total. The van der Waals surface area contributed by atoms with Gasteiger partial charge in [-0.2, -0.15) is 0 Å². The quantitative estimate of drug-likeness (QED) is 0.0366. The highest BCUT2D eigenvalue weighted by Gasteiger charge is 2.25.